The maximum atomic E-state index is 3.53. The summed E-state index contributed by atoms with van der Waals surface area (Å²) in [6.45, 7) is 5.37. The fraction of sp³-hybridized carbons (Fsp3) is 0.500. The Balaban J connectivity index is 2.01. The van der Waals surface area contributed by atoms with Crippen LogP contribution in [-0.4, -0.2) is 6.04 Å². The molecule has 1 N–H and O–H groups in total. The predicted molar refractivity (Wildman–Crippen MR) is 55.8 cm³/mol. The van der Waals surface area contributed by atoms with E-state index < -0.39 is 0 Å². The summed E-state index contributed by atoms with van der Waals surface area (Å²) in [7, 11) is 0. The molecular formula is C12H17N. The van der Waals surface area contributed by atoms with Gasteiger partial charge >= 0.3 is 0 Å². The van der Waals surface area contributed by atoms with E-state index in [9.17, 15) is 0 Å². The zero-order chi connectivity index (χ0) is 9.26. The van der Waals surface area contributed by atoms with Crippen LogP contribution in [0.2, 0.25) is 0 Å². The Kier molecular flexibility index (Phi) is 2.36. The number of nitrogens with one attached hydrogen (secondary N) is 1. The highest BCUT2D eigenvalue weighted by molar-refractivity contribution is 5.30. The van der Waals surface area contributed by atoms with Gasteiger partial charge in [-0.05, 0) is 37.8 Å². The van der Waals surface area contributed by atoms with Crippen LogP contribution < -0.4 is 5.32 Å². The average Bonchev–Trinajstić information content (AvgIpc) is 2.86. The highest BCUT2D eigenvalue weighted by atomic mass is 14.9. The van der Waals surface area contributed by atoms with Gasteiger partial charge in [-0.1, -0.05) is 23.8 Å². The third kappa shape index (κ3) is 2.31. The van der Waals surface area contributed by atoms with Crippen molar-refractivity contribution in [2.75, 3.05) is 0 Å². The summed E-state index contributed by atoms with van der Waals surface area (Å²) in [4.78, 5) is 0. The summed E-state index contributed by atoms with van der Waals surface area (Å²) in [5, 5.41) is 3.53. The standard InChI is InChI=1S/C12H17N/c1-9-3-4-11(10(2)7-9)8-13-12-5-6-12/h3-4,7,12-13H,5-6,8H2,1-2H3. The van der Waals surface area contributed by atoms with Gasteiger partial charge in [0.25, 0.3) is 0 Å². The van der Waals surface area contributed by atoms with E-state index in [2.05, 4.69) is 37.4 Å². The van der Waals surface area contributed by atoms with Crippen molar-refractivity contribution in [1.82, 2.24) is 5.32 Å². The summed E-state index contributed by atoms with van der Waals surface area (Å²) in [6.07, 6.45) is 2.73. The molecule has 1 aliphatic carbocycles. The van der Waals surface area contributed by atoms with Crippen LogP contribution in [0.5, 0.6) is 0 Å². The fourth-order valence-corrected chi connectivity index (χ4v) is 1.59. The van der Waals surface area contributed by atoms with Crippen LogP contribution in [-0.2, 0) is 6.54 Å². The predicted octanol–water partition coefficient (Wildman–Crippen LogP) is 2.56. The molecule has 0 spiro atoms. The molecule has 0 aromatic heterocycles. The van der Waals surface area contributed by atoms with Gasteiger partial charge in [0, 0.05) is 12.6 Å². The lowest BCUT2D eigenvalue weighted by atomic mass is 10.1. The highest BCUT2D eigenvalue weighted by Gasteiger charge is 2.19. The first kappa shape index (κ1) is 8.76. The molecule has 1 nitrogen and oxygen atoms in total. The summed E-state index contributed by atoms with van der Waals surface area (Å²) < 4.78 is 0. The van der Waals surface area contributed by atoms with Gasteiger partial charge in [0.2, 0.25) is 0 Å². The molecular weight excluding hydrogens is 158 g/mol. The van der Waals surface area contributed by atoms with Gasteiger partial charge in [0.15, 0.2) is 0 Å². The van der Waals surface area contributed by atoms with Crippen molar-refractivity contribution < 1.29 is 0 Å². The van der Waals surface area contributed by atoms with E-state index in [4.69, 9.17) is 0 Å². The lowest BCUT2D eigenvalue weighted by Gasteiger charge is -2.07. The molecule has 0 aliphatic heterocycles. The molecule has 0 amide bonds. The largest absolute Gasteiger partial charge is 0.310 e. The maximum absolute atomic E-state index is 3.53. The van der Waals surface area contributed by atoms with Crippen LogP contribution in [0, 0.1) is 13.8 Å². The summed E-state index contributed by atoms with van der Waals surface area (Å²) >= 11 is 0. The molecule has 0 bridgehead atoms. The Hall–Kier alpha value is -0.820. The first-order valence-corrected chi connectivity index (χ1v) is 5.05. The maximum Gasteiger partial charge on any atom is 0.0210 e. The second-order valence-corrected chi connectivity index (χ2v) is 4.09. The van der Waals surface area contributed by atoms with Crippen molar-refractivity contribution in [2.45, 2.75) is 39.3 Å². The Morgan fingerprint density at radius 2 is 2.08 bits per heavy atom. The third-order valence-corrected chi connectivity index (χ3v) is 2.66. The second-order valence-electron chi connectivity index (χ2n) is 4.09. The Bertz CT molecular complexity index is 300. The average molecular weight is 175 g/mol. The van der Waals surface area contributed by atoms with Crippen molar-refractivity contribution >= 4 is 0 Å². The Morgan fingerprint density at radius 3 is 2.69 bits per heavy atom. The molecule has 1 saturated carbocycles. The van der Waals surface area contributed by atoms with Crippen LogP contribution >= 0.6 is 0 Å². The van der Waals surface area contributed by atoms with Gasteiger partial charge in [-0.15, -0.1) is 0 Å². The van der Waals surface area contributed by atoms with E-state index in [1.807, 2.05) is 0 Å². The number of aryl methyl sites for hydroxylation is 2. The van der Waals surface area contributed by atoms with E-state index in [1.165, 1.54) is 29.5 Å². The molecule has 1 fully saturated rings. The third-order valence-electron chi connectivity index (χ3n) is 2.66. The second kappa shape index (κ2) is 3.51. The van der Waals surface area contributed by atoms with Gasteiger partial charge in [-0.2, -0.15) is 0 Å². The van der Waals surface area contributed by atoms with Gasteiger partial charge < -0.3 is 5.32 Å². The van der Waals surface area contributed by atoms with Crippen molar-refractivity contribution in [3.05, 3.63) is 34.9 Å². The number of hydrogen-bond donors (Lipinski definition) is 1. The quantitative estimate of drug-likeness (QED) is 0.744. The number of rotatable bonds is 3. The van der Waals surface area contributed by atoms with E-state index in [0.717, 1.165) is 12.6 Å². The number of benzene rings is 1. The summed E-state index contributed by atoms with van der Waals surface area (Å²) in [5.74, 6) is 0. The molecule has 0 radical (unpaired) electrons. The SMILES string of the molecule is Cc1ccc(CNC2CC2)c(C)c1. The van der Waals surface area contributed by atoms with E-state index in [1.54, 1.807) is 0 Å². The fourth-order valence-electron chi connectivity index (χ4n) is 1.59. The molecule has 70 valence electrons. The topological polar surface area (TPSA) is 12.0 Å². The van der Waals surface area contributed by atoms with Crippen LogP contribution in [0.1, 0.15) is 29.5 Å². The summed E-state index contributed by atoms with van der Waals surface area (Å²) in [6, 6.07) is 7.49. The van der Waals surface area contributed by atoms with Gasteiger partial charge in [0.05, 0.1) is 0 Å². The lowest BCUT2D eigenvalue weighted by Crippen LogP contribution is -2.15. The molecule has 0 heterocycles. The minimum absolute atomic E-state index is 0.806. The smallest absolute Gasteiger partial charge is 0.0210 e. The number of hydrogen-bond acceptors (Lipinski definition) is 1. The van der Waals surface area contributed by atoms with Crippen LogP contribution in [0.15, 0.2) is 18.2 Å². The minimum atomic E-state index is 0.806. The molecule has 0 unspecified atom stereocenters. The molecule has 2 rings (SSSR count). The molecule has 1 heteroatoms. The molecule has 0 atom stereocenters. The zero-order valence-corrected chi connectivity index (χ0v) is 8.43. The van der Waals surface area contributed by atoms with E-state index in [-0.39, 0.29) is 0 Å². The van der Waals surface area contributed by atoms with Gasteiger partial charge in [0.1, 0.15) is 0 Å². The molecule has 1 aromatic carbocycles. The zero-order valence-electron chi connectivity index (χ0n) is 8.43. The van der Waals surface area contributed by atoms with Crippen molar-refractivity contribution in [2.24, 2.45) is 0 Å². The molecule has 1 aromatic rings. The van der Waals surface area contributed by atoms with Crippen molar-refractivity contribution in [3.63, 3.8) is 0 Å². The van der Waals surface area contributed by atoms with Gasteiger partial charge in [-0.25, -0.2) is 0 Å². The van der Waals surface area contributed by atoms with Crippen LogP contribution in [0.4, 0.5) is 0 Å². The van der Waals surface area contributed by atoms with E-state index >= 15 is 0 Å². The summed E-state index contributed by atoms with van der Waals surface area (Å²) in [5.41, 5.74) is 4.21. The first-order valence-electron chi connectivity index (χ1n) is 5.05. The molecule has 0 saturated heterocycles. The highest BCUT2D eigenvalue weighted by Crippen LogP contribution is 2.20. The first-order chi connectivity index (χ1) is 6.25. The van der Waals surface area contributed by atoms with Crippen molar-refractivity contribution in [1.29, 1.82) is 0 Å². The molecule has 1 aliphatic rings. The lowest BCUT2D eigenvalue weighted by molar-refractivity contribution is 0.685. The Morgan fingerprint density at radius 1 is 1.31 bits per heavy atom. The van der Waals surface area contributed by atoms with Crippen LogP contribution in [0.25, 0.3) is 0 Å². The van der Waals surface area contributed by atoms with E-state index in [0.29, 0.717) is 0 Å². The minimum Gasteiger partial charge on any atom is -0.310 e. The Labute approximate surface area is 80.2 Å². The molecule has 13 heavy (non-hydrogen) atoms. The van der Waals surface area contributed by atoms with Crippen molar-refractivity contribution in [3.8, 4) is 0 Å². The van der Waals surface area contributed by atoms with Gasteiger partial charge in [-0.3, -0.25) is 0 Å². The normalized spacial score (nSPS) is 16.2. The van der Waals surface area contributed by atoms with Crippen LogP contribution in [0.3, 0.4) is 0 Å². The monoisotopic (exact) mass is 175 g/mol.